The number of carbonyl (C=O) groups is 1. The number of β-amino-alcohol motifs (C(OH)–C–C–N with tert-alkyl or cyclic N) is 1. The Labute approximate surface area is 83.3 Å². The molecular weight excluding hydrogens is 182 g/mol. The van der Waals surface area contributed by atoms with Gasteiger partial charge in [-0.2, -0.15) is 0 Å². The number of amides is 1. The first-order valence-electron chi connectivity index (χ1n) is 5.12. The van der Waals surface area contributed by atoms with Crippen LogP contribution >= 0.6 is 0 Å². The minimum Gasteiger partial charge on any atom is -0.392 e. The van der Waals surface area contributed by atoms with Gasteiger partial charge in [0.05, 0.1) is 12.1 Å². The molecule has 3 atom stereocenters. The van der Waals surface area contributed by atoms with Crippen molar-refractivity contribution in [1.29, 1.82) is 0 Å². The van der Waals surface area contributed by atoms with E-state index in [-0.39, 0.29) is 24.1 Å². The third-order valence-corrected chi connectivity index (χ3v) is 2.94. The summed E-state index contributed by atoms with van der Waals surface area (Å²) >= 11 is 0. The van der Waals surface area contributed by atoms with Crippen LogP contribution < -0.4 is 11.1 Å². The average Bonchev–Trinajstić information content (AvgIpc) is 2.73. The molecule has 2 fully saturated rings. The number of nitrogens with two attached hydrogens (primary N) is 1. The van der Waals surface area contributed by atoms with Gasteiger partial charge in [-0.15, -0.1) is 0 Å². The largest absolute Gasteiger partial charge is 0.392 e. The van der Waals surface area contributed by atoms with Crippen LogP contribution in [0.1, 0.15) is 12.8 Å². The van der Waals surface area contributed by atoms with Gasteiger partial charge in [-0.3, -0.25) is 4.79 Å². The molecule has 0 saturated carbocycles. The summed E-state index contributed by atoms with van der Waals surface area (Å²) in [5.41, 5.74) is 5.73. The molecule has 0 aromatic carbocycles. The third kappa shape index (κ3) is 1.89. The number of nitrogens with one attached hydrogen (secondary N) is 1. The molecular formula is C9H17N3O2. The lowest BCUT2D eigenvalue weighted by Gasteiger charge is -2.19. The number of hydrogen-bond acceptors (Lipinski definition) is 4. The summed E-state index contributed by atoms with van der Waals surface area (Å²) in [6, 6.07) is -0.0689. The van der Waals surface area contributed by atoms with E-state index >= 15 is 0 Å². The molecule has 2 heterocycles. The van der Waals surface area contributed by atoms with Crippen LogP contribution in [-0.4, -0.2) is 53.7 Å². The number of carbonyl (C=O) groups excluding carboxylic acids is 1. The van der Waals surface area contributed by atoms with E-state index < -0.39 is 0 Å². The molecule has 2 rings (SSSR count). The molecule has 5 nitrogen and oxygen atoms in total. The van der Waals surface area contributed by atoms with E-state index in [4.69, 9.17) is 5.73 Å². The molecule has 2 aliphatic heterocycles. The lowest BCUT2D eigenvalue weighted by molar-refractivity contribution is -0.132. The van der Waals surface area contributed by atoms with E-state index in [1.165, 1.54) is 0 Å². The predicted octanol–water partition coefficient (Wildman–Crippen LogP) is -1.73. The van der Waals surface area contributed by atoms with Crippen molar-refractivity contribution >= 4 is 5.91 Å². The number of hydrogen-bond donors (Lipinski definition) is 3. The van der Waals surface area contributed by atoms with Crippen LogP contribution in [0.5, 0.6) is 0 Å². The Morgan fingerprint density at radius 2 is 2.36 bits per heavy atom. The van der Waals surface area contributed by atoms with Crippen molar-refractivity contribution in [1.82, 2.24) is 10.2 Å². The van der Waals surface area contributed by atoms with Gasteiger partial charge in [0.1, 0.15) is 0 Å². The maximum Gasteiger partial charge on any atom is 0.239 e. The minimum absolute atomic E-state index is 0.0921. The molecule has 2 aliphatic rings. The number of likely N-dealkylation sites (tertiary alicyclic amines) is 1. The van der Waals surface area contributed by atoms with Crippen LogP contribution in [0.15, 0.2) is 0 Å². The highest BCUT2D eigenvalue weighted by Gasteiger charge is 2.33. The predicted molar refractivity (Wildman–Crippen MR) is 51.6 cm³/mol. The van der Waals surface area contributed by atoms with Crippen LogP contribution in [0.2, 0.25) is 0 Å². The van der Waals surface area contributed by atoms with Crippen LogP contribution in [-0.2, 0) is 4.79 Å². The Kier molecular flexibility index (Phi) is 2.71. The Balaban J connectivity index is 1.89. The van der Waals surface area contributed by atoms with Crippen LogP contribution in [0, 0.1) is 0 Å². The van der Waals surface area contributed by atoms with Gasteiger partial charge in [0.15, 0.2) is 0 Å². The Morgan fingerprint density at radius 1 is 1.57 bits per heavy atom. The first-order chi connectivity index (χ1) is 6.66. The fourth-order valence-corrected chi connectivity index (χ4v) is 2.11. The van der Waals surface area contributed by atoms with Gasteiger partial charge in [0, 0.05) is 25.7 Å². The lowest BCUT2D eigenvalue weighted by atomic mass is 10.2. The molecule has 0 bridgehead atoms. The summed E-state index contributed by atoms with van der Waals surface area (Å²) in [6.07, 6.45) is 1.05. The summed E-state index contributed by atoms with van der Waals surface area (Å²) in [5.74, 6) is 0.0921. The number of rotatable bonds is 1. The zero-order valence-electron chi connectivity index (χ0n) is 8.15. The quantitative estimate of drug-likeness (QED) is 0.469. The summed E-state index contributed by atoms with van der Waals surface area (Å²) < 4.78 is 0. The number of aliphatic hydroxyl groups excluding tert-OH is 1. The normalized spacial score (nSPS) is 37.9. The molecule has 80 valence electrons. The minimum atomic E-state index is -0.375. The Morgan fingerprint density at radius 3 is 2.86 bits per heavy atom. The lowest BCUT2D eigenvalue weighted by Crippen LogP contribution is -2.43. The van der Waals surface area contributed by atoms with E-state index in [0.29, 0.717) is 19.5 Å². The second kappa shape index (κ2) is 3.84. The van der Waals surface area contributed by atoms with Crippen molar-refractivity contribution in [2.24, 2.45) is 5.73 Å². The summed E-state index contributed by atoms with van der Waals surface area (Å²) in [6.45, 7) is 1.94. The molecule has 0 spiro atoms. The molecule has 4 N–H and O–H groups in total. The fourth-order valence-electron chi connectivity index (χ4n) is 2.11. The highest BCUT2D eigenvalue weighted by atomic mass is 16.3. The second-order valence-electron chi connectivity index (χ2n) is 4.18. The zero-order valence-corrected chi connectivity index (χ0v) is 8.15. The van der Waals surface area contributed by atoms with Gasteiger partial charge in [0.25, 0.3) is 0 Å². The molecule has 3 unspecified atom stereocenters. The first kappa shape index (κ1) is 9.89. The second-order valence-corrected chi connectivity index (χ2v) is 4.18. The third-order valence-electron chi connectivity index (χ3n) is 2.94. The maximum absolute atomic E-state index is 11.8. The van der Waals surface area contributed by atoms with Gasteiger partial charge >= 0.3 is 0 Å². The number of aliphatic hydroxyl groups is 1. The molecule has 0 radical (unpaired) electrons. The summed E-state index contributed by atoms with van der Waals surface area (Å²) in [4.78, 5) is 13.6. The zero-order chi connectivity index (χ0) is 10.1. The van der Waals surface area contributed by atoms with Gasteiger partial charge in [-0.05, 0) is 12.8 Å². The van der Waals surface area contributed by atoms with Gasteiger partial charge in [0.2, 0.25) is 5.91 Å². The molecule has 0 aromatic rings. The van der Waals surface area contributed by atoms with E-state index in [1.54, 1.807) is 4.90 Å². The van der Waals surface area contributed by atoms with E-state index in [1.807, 2.05) is 0 Å². The van der Waals surface area contributed by atoms with Gasteiger partial charge in [-0.25, -0.2) is 0 Å². The summed E-state index contributed by atoms with van der Waals surface area (Å²) in [7, 11) is 0. The summed E-state index contributed by atoms with van der Waals surface area (Å²) in [5, 5.41) is 12.3. The van der Waals surface area contributed by atoms with Crippen molar-refractivity contribution < 1.29 is 9.90 Å². The Hall–Kier alpha value is -0.650. The van der Waals surface area contributed by atoms with Crippen molar-refractivity contribution in [2.75, 3.05) is 19.6 Å². The standard InChI is InChI=1S/C9H17N3O2/c10-6-1-2-12(5-6)9(14)8-3-7(13)4-11-8/h6-8,11,13H,1-5,10H2. The molecule has 1 amide bonds. The van der Waals surface area contributed by atoms with Crippen molar-refractivity contribution in [3.63, 3.8) is 0 Å². The highest BCUT2D eigenvalue weighted by Crippen LogP contribution is 2.13. The van der Waals surface area contributed by atoms with Gasteiger partial charge < -0.3 is 21.1 Å². The monoisotopic (exact) mass is 199 g/mol. The molecule has 5 heteroatoms. The van der Waals surface area contributed by atoms with Crippen LogP contribution in [0.25, 0.3) is 0 Å². The molecule has 0 aliphatic carbocycles. The molecule has 0 aromatic heterocycles. The average molecular weight is 199 g/mol. The van der Waals surface area contributed by atoms with Crippen molar-refractivity contribution in [3.05, 3.63) is 0 Å². The fraction of sp³-hybridized carbons (Fsp3) is 0.889. The Bertz CT molecular complexity index is 212. The molecule has 2 saturated heterocycles. The van der Waals surface area contributed by atoms with E-state index in [2.05, 4.69) is 5.32 Å². The SMILES string of the molecule is NC1CCN(C(=O)C2CC(O)CN2)C1. The van der Waals surface area contributed by atoms with Crippen LogP contribution in [0.3, 0.4) is 0 Å². The highest BCUT2D eigenvalue weighted by molar-refractivity contribution is 5.82. The van der Waals surface area contributed by atoms with Crippen molar-refractivity contribution in [2.45, 2.75) is 31.0 Å². The van der Waals surface area contributed by atoms with Crippen molar-refractivity contribution in [3.8, 4) is 0 Å². The van der Waals surface area contributed by atoms with Crippen LogP contribution in [0.4, 0.5) is 0 Å². The topological polar surface area (TPSA) is 78.6 Å². The first-order valence-corrected chi connectivity index (χ1v) is 5.12. The molecule has 14 heavy (non-hydrogen) atoms. The van der Waals surface area contributed by atoms with Gasteiger partial charge in [-0.1, -0.05) is 0 Å². The number of nitrogens with zero attached hydrogens (tertiary/aromatic N) is 1. The maximum atomic E-state index is 11.8. The smallest absolute Gasteiger partial charge is 0.239 e. The van der Waals surface area contributed by atoms with E-state index in [9.17, 15) is 9.90 Å². The van der Waals surface area contributed by atoms with E-state index in [0.717, 1.165) is 13.0 Å².